The van der Waals surface area contributed by atoms with E-state index in [4.69, 9.17) is 40.7 Å². The van der Waals surface area contributed by atoms with Crippen molar-refractivity contribution in [2.75, 3.05) is 0 Å². The maximum atomic E-state index is 10.3. The molecule has 12 heteroatoms. The number of hydrogen-bond acceptors (Lipinski definition) is 6. The maximum absolute atomic E-state index is 10.3. The minimum atomic E-state index is -4.92. The quantitative estimate of drug-likeness (QED) is 0.286. The summed E-state index contributed by atoms with van der Waals surface area (Å²) in [6.07, 6.45) is 0. The number of nitrogens with one attached hydrogen (secondary N) is 1. The van der Waals surface area contributed by atoms with Crippen LogP contribution in [-0.4, -0.2) is 32.5 Å². The molecule has 2 N–H and O–H groups in total. The smallest absolute Gasteiger partial charge is 0.726 e. The zero-order valence-corrected chi connectivity index (χ0v) is 11.5. The monoisotopic (exact) mass is 285 g/mol. The van der Waals surface area contributed by atoms with Gasteiger partial charge in [0.25, 0.3) is 0 Å². The SMILES string of the molecule is O=S(=O)([O-])O.O=c1nc(Cl)nc(Cl)[nH]1.[Na+]. The molecule has 0 saturated heterocycles. The van der Waals surface area contributed by atoms with Gasteiger partial charge in [0.1, 0.15) is 0 Å². The van der Waals surface area contributed by atoms with Gasteiger partial charge in [-0.25, -0.2) is 13.2 Å². The molecular weight excluding hydrogens is 284 g/mol. The van der Waals surface area contributed by atoms with Crippen LogP contribution in [-0.2, 0) is 10.4 Å². The fourth-order valence-electron chi connectivity index (χ4n) is 0.334. The molecule has 0 aromatic carbocycles. The summed E-state index contributed by atoms with van der Waals surface area (Å²) in [6, 6.07) is 0. The summed E-state index contributed by atoms with van der Waals surface area (Å²) in [4.78, 5) is 19.0. The van der Waals surface area contributed by atoms with Gasteiger partial charge in [0.2, 0.25) is 21.0 Å². The van der Waals surface area contributed by atoms with E-state index in [0.29, 0.717) is 0 Å². The second-order valence-electron chi connectivity index (χ2n) is 1.64. The molecule has 0 amide bonds. The molecule has 0 spiro atoms. The molecule has 0 aliphatic heterocycles. The minimum absolute atomic E-state index is 0. The summed E-state index contributed by atoms with van der Waals surface area (Å²) in [5, 5.41) is -0.205. The topological polar surface area (TPSA) is 136 Å². The molecule has 15 heavy (non-hydrogen) atoms. The number of nitrogens with zero attached hydrogens (tertiary/aromatic N) is 2. The second-order valence-corrected chi connectivity index (χ2v) is 3.19. The van der Waals surface area contributed by atoms with Crippen molar-refractivity contribution in [1.82, 2.24) is 15.0 Å². The van der Waals surface area contributed by atoms with Crippen LogP contribution in [0.25, 0.3) is 0 Å². The summed E-state index contributed by atoms with van der Waals surface area (Å²) in [7, 11) is -4.92. The molecule has 80 valence electrons. The van der Waals surface area contributed by atoms with Crippen LogP contribution in [0.4, 0.5) is 0 Å². The molecule has 0 fully saturated rings. The summed E-state index contributed by atoms with van der Waals surface area (Å²) in [5.74, 6) is 0. The molecule has 0 radical (unpaired) electrons. The van der Waals surface area contributed by atoms with Gasteiger partial charge in [0.15, 0.2) is 0 Å². The third-order valence-corrected chi connectivity index (χ3v) is 0.942. The van der Waals surface area contributed by atoms with Crippen LogP contribution < -0.4 is 35.2 Å². The summed E-state index contributed by atoms with van der Waals surface area (Å²) in [6.45, 7) is 0. The number of aromatic amines is 1. The van der Waals surface area contributed by atoms with Crippen LogP contribution in [0.2, 0.25) is 10.6 Å². The number of hydrogen-bond donors (Lipinski definition) is 2. The van der Waals surface area contributed by atoms with Gasteiger partial charge < -0.3 is 4.55 Å². The van der Waals surface area contributed by atoms with Crippen molar-refractivity contribution < 1.29 is 47.1 Å². The Morgan fingerprint density at radius 2 is 1.73 bits per heavy atom. The molecule has 0 aliphatic rings. The Labute approximate surface area is 116 Å². The maximum Gasteiger partial charge on any atom is 1.00 e. The summed E-state index contributed by atoms with van der Waals surface area (Å²) >= 11 is 10.5. The van der Waals surface area contributed by atoms with Gasteiger partial charge in [0.05, 0.1) is 0 Å². The largest absolute Gasteiger partial charge is 1.00 e. The molecule has 0 bridgehead atoms. The Balaban J connectivity index is 0. The molecule has 1 heterocycles. The second kappa shape index (κ2) is 7.52. The Bertz CT molecular complexity index is 430. The van der Waals surface area contributed by atoms with Crippen molar-refractivity contribution in [2.45, 2.75) is 0 Å². The van der Waals surface area contributed by atoms with Gasteiger partial charge >= 0.3 is 35.2 Å². The Kier molecular flexibility index (Phi) is 8.85. The normalized spacial score (nSPS) is 9.60. The molecule has 0 saturated carbocycles. The van der Waals surface area contributed by atoms with Crippen LogP contribution in [0, 0.1) is 0 Å². The van der Waals surface area contributed by atoms with Crippen molar-refractivity contribution in [2.24, 2.45) is 0 Å². The van der Waals surface area contributed by atoms with E-state index in [-0.39, 0.29) is 40.1 Å². The van der Waals surface area contributed by atoms with Gasteiger partial charge in [-0.3, -0.25) is 9.54 Å². The van der Waals surface area contributed by atoms with E-state index in [1.165, 1.54) is 0 Å². The van der Waals surface area contributed by atoms with E-state index in [9.17, 15) is 4.79 Å². The van der Waals surface area contributed by atoms with Crippen LogP contribution in [0.5, 0.6) is 0 Å². The third kappa shape index (κ3) is 14.3. The summed E-state index contributed by atoms with van der Waals surface area (Å²) < 4.78 is 32.8. The number of H-pyrrole nitrogens is 1. The number of aromatic nitrogens is 3. The van der Waals surface area contributed by atoms with Crippen molar-refractivity contribution in [3.63, 3.8) is 0 Å². The first kappa shape index (κ1) is 17.6. The first-order valence-electron chi connectivity index (χ1n) is 2.66. The fourth-order valence-corrected chi connectivity index (χ4v) is 0.699. The van der Waals surface area contributed by atoms with Crippen molar-refractivity contribution in [1.29, 1.82) is 0 Å². The van der Waals surface area contributed by atoms with E-state index >= 15 is 0 Å². The van der Waals surface area contributed by atoms with Gasteiger partial charge in [0, 0.05) is 0 Å². The Morgan fingerprint density at radius 1 is 1.33 bits per heavy atom. The van der Waals surface area contributed by atoms with E-state index < -0.39 is 16.1 Å². The third-order valence-electron chi connectivity index (χ3n) is 0.594. The van der Waals surface area contributed by atoms with Crippen LogP contribution >= 0.6 is 23.2 Å². The fraction of sp³-hybridized carbons (Fsp3) is 0. The van der Waals surface area contributed by atoms with Crippen molar-refractivity contribution in [3.8, 4) is 0 Å². The average Bonchev–Trinajstić information content (AvgIpc) is 1.77. The molecular formula is C3H2Cl2N3NaO5S. The minimum Gasteiger partial charge on any atom is -0.726 e. The zero-order valence-electron chi connectivity index (χ0n) is 7.14. The summed E-state index contributed by atoms with van der Waals surface area (Å²) in [5.41, 5.74) is -0.597. The van der Waals surface area contributed by atoms with E-state index in [1.807, 2.05) is 0 Å². The van der Waals surface area contributed by atoms with Gasteiger partial charge in [-0.15, -0.1) is 0 Å². The average molecular weight is 286 g/mol. The number of halogens is 2. The first-order chi connectivity index (χ1) is 6.18. The van der Waals surface area contributed by atoms with Gasteiger partial charge in [-0.2, -0.15) is 9.97 Å². The predicted octanol–water partition coefficient (Wildman–Crippen LogP) is -3.52. The van der Waals surface area contributed by atoms with E-state index in [2.05, 4.69) is 15.0 Å². The Hall–Kier alpha value is 0.260. The molecule has 1 aromatic heterocycles. The first-order valence-corrected chi connectivity index (χ1v) is 4.78. The standard InChI is InChI=1S/C3HCl2N3O.Na.H2O4S/c4-1-6-2(5)8-3(9)7-1;;1-5(2,3)4/h(H,6,7,8,9);;(H2,1,2,3,4)/q;+1;/p-1. The Morgan fingerprint density at radius 3 is 2.00 bits per heavy atom. The predicted molar refractivity (Wildman–Crippen MR) is 45.0 cm³/mol. The molecule has 0 atom stereocenters. The van der Waals surface area contributed by atoms with Crippen LogP contribution in [0.1, 0.15) is 0 Å². The number of rotatable bonds is 0. The van der Waals surface area contributed by atoms with E-state index in [1.54, 1.807) is 0 Å². The van der Waals surface area contributed by atoms with Gasteiger partial charge in [-0.05, 0) is 23.2 Å². The van der Waals surface area contributed by atoms with E-state index in [0.717, 1.165) is 0 Å². The van der Waals surface area contributed by atoms with Gasteiger partial charge in [-0.1, -0.05) is 0 Å². The van der Waals surface area contributed by atoms with Crippen LogP contribution in [0.3, 0.4) is 0 Å². The molecule has 0 aliphatic carbocycles. The molecule has 0 unspecified atom stereocenters. The molecule has 8 nitrogen and oxygen atoms in total. The zero-order chi connectivity index (χ0) is 11.4. The molecule has 1 aromatic rings. The molecule has 1 rings (SSSR count). The van der Waals surface area contributed by atoms with Crippen molar-refractivity contribution in [3.05, 3.63) is 21.1 Å². The van der Waals surface area contributed by atoms with Crippen LogP contribution in [0.15, 0.2) is 4.79 Å². The van der Waals surface area contributed by atoms with Crippen molar-refractivity contribution >= 4 is 33.6 Å².